The molecule has 1 atom stereocenters. The normalized spacial score (nSPS) is 13.4. The average Bonchev–Trinajstić information content (AvgIpc) is 3.11. The Bertz CT molecular complexity index is 747. The molecule has 3 rings (SSSR count). The van der Waals surface area contributed by atoms with Crippen molar-refractivity contribution in [3.05, 3.63) is 53.6 Å². The molecule has 1 heterocycles. The van der Waals surface area contributed by atoms with Gasteiger partial charge in [0.05, 0.1) is 7.11 Å². The Morgan fingerprint density at radius 1 is 1.23 bits per heavy atom. The molecule has 138 valence electrons. The van der Waals surface area contributed by atoms with E-state index in [1.165, 1.54) is 5.56 Å². The molecule has 0 saturated heterocycles. The van der Waals surface area contributed by atoms with Crippen molar-refractivity contribution in [1.29, 1.82) is 0 Å². The van der Waals surface area contributed by atoms with E-state index in [0.717, 1.165) is 17.7 Å². The molecular weight excluding hydrogens is 334 g/mol. The van der Waals surface area contributed by atoms with Gasteiger partial charge in [-0.15, -0.1) is 0 Å². The molecule has 0 amide bonds. The summed E-state index contributed by atoms with van der Waals surface area (Å²) >= 11 is 0. The van der Waals surface area contributed by atoms with E-state index < -0.39 is 5.97 Å². The lowest BCUT2D eigenvalue weighted by atomic mass is 10.0. The third kappa shape index (κ3) is 4.67. The van der Waals surface area contributed by atoms with E-state index >= 15 is 0 Å². The Morgan fingerprint density at radius 3 is 2.65 bits per heavy atom. The first-order chi connectivity index (χ1) is 12.7. The Morgan fingerprint density at radius 2 is 1.96 bits per heavy atom. The molecule has 0 radical (unpaired) electrons. The van der Waals surface area contributed by atoms with Gasteiger partial charge in [0.2, 0.25) is 6.79 Å². The zero-order valence-electron chi connectivity index (χ0n) is 14.7. The summed E-state index contributed by atoms with van der Waals surface area (Å²) in [5.74, 6) is 1.31. The monoisotopic (exact) mass is 357 g/mol. The van der Waals surface area contributed by atoms with E-state index in [1.54, 1.807) is 7.11 Å². The van der Waals surface area contributed by atoms with Gasteiger partial charge in [0.1, 0.15) is 5.75 Å². The molecule has 6 heteroatoms. The molecule has 1 aliphatic heterocycles. The fourth-order valence-corrected chi connectivity index (χ4v) is 3.02. The second-order valence-corrected chi connectivity index (χ2v) is 6.22. The van der Waals surface area contributed by atoms with Gasteiger partial charge in [0.15, 0.2) is 11.5 Å². The molecule has 1 aliphatic rings. The molecule has 2 aromatic carbocycles. The van der Waals surface area contributed by atoms with Gasteiger partial charge < -0.3 is 24.6 Å². The summed E-state index contributed by atoms with van der Waals surface area (Å²) < 4.78 is 16.3. The van der Waals surface area contributed by atoms with Crippen LogP contribution in [-0.4, -0.2) is 31.0 Å². The van der Waals surface area contributed by atoms with Gasteiger partial charge in [0.25, 0.3) is 0 Å². The van der Waals surface area contributed by atoms with Crippen LogP contribution in [0, 0.1) is 0 Å². The number of fused-ring (bicyclic) bond motifs is 1. The lowest BCUT2D eigenvalue weighted by Gasteiger charge is -2.19. The number of benzene rings is 2. The van der Waals surface area contributed by atoms with Crippen molar-refractivity contribution in [2.45, 2.75) is 31.8 Å². The van der Waals surface area contributed by atoms with E-state index in [2.05, 4.69) is 17.4 Å². The number of ether oxygens (including phenoxy) is 3. The number of carbonyl (C=O) groups is 1. The highest BCUT2D eigenvalue weighted by Gasteiger charge is 2.19. The topological polar surface area (TPSA) is 77.0 Å². The SMILES string of the molecule is COc1cc2c(cc1CNC(CCC(=O)O)Cc1ccccc1)OCO2. The van der Waals surface area contributed by atoms with Crippen LogP contribution in [0.25, 0.3) is 0 Å². The minimum atomic E-state index is -0.787. The molecule has 0 bridgehead atoms. The van der Waals surface area contributed by atoms with Crippen LogP contribution >= 0.6 is 0 Å². The van der Waals surface area contributed by atoms with E-state index in [0.29, 0.717) is 24.5 Å². The average molecular weight is 357 g/mol. The molecule has 0 fully saturated rings. The van der Waals surface area contributed by atoms with Crippen LogP contribution in [0.5, 0.6) is 17.2 Å². The summed E-state index contributed by atoms with van der Waals surface area (Å²) in [6, 6.07) is 13.8. The summed E-state index contributed by atoms with van der Waals surface area (Å²) in [5.41, 5.74) is 2.12. The molecule has 0 aliphatic carbocycles. The van der Waals surface area contributed by atoms with Gasteiger partial charge in [0, 0.05) is 30.6 Å². The van der Waals surface area contributed by atoms with Crippen molar-refractivity contribution < 1.29 is 24.1 Å². The smallest absolute Gasteiger partial charge is 0.303 e. The van der Waals surface area contributed by atoms with E-state index in [4.69, 9.17) is 19.3 Å². The second-order valence-electron chi connectivity index (χ2n) is 6.22. The number of nitrogens with one attached hydrogen (secondary N) is 1. The molecule has 6 nitrogen and oxygen atoms in total. The van der Waals surface area contributed by atoms with Crippen LogP contribution in [0.15, 0.2) is 42.5 Å². The zero-order chi connectivity index (χ0) is 18.4. The first-order valence-corrected chi connectivity index (χ1v) is 8.61. The largest absolute Gasteiger partial charge is 0.496 e. The quantitative estimate of drug-likeness (QED) is 0.718. The molecule has 2 N–H and O–H groups in total. The maximum atomic E-state index is 11.0. The number of carboxylic acids is 1. The molecule has 26 heavy (non-hydrogen) atoms. The predicted molar refractivity (Wildman–Crippen MR) is 96.8 cm³/mol. The predicted octanol–water partition coefficient (Wildman–Crippen LogP) is 2.99. The zero-order valence-corrected chi connectivity index (χ0v) is 14.7. The van der Waals surface area contributed by atoms with Gasteiger partial charge >= 0.3 is 5.97 Å². The van der Waals surface area contributed by atoms with Gasteiger partial charge in [-0.25, -0.2) is 0 Å². The van der Waals surface area contributed by atoms with Crippen molar-refractivity contribution in [3.8, 4) is 17.2 Å². The van der Waals surface area contributed by atoms with E-state index in [1.807, 2.05) is 30.3 Å². The van der Waals surface area contributed by atoms with Crippen LogP contribution in [0.4, 0.5) is 0 Å². The van der Waals surface area contributed by atoms with Crippen molar-refractivity contribution >= 4 is 5.97 Å². The molecule has 0 spiro atoms. The summed E-state index contributed by atoms with van der Waals surface area (Å²) in [6.07, 6.45) is 1.45. The number of rotatable bonds is 9. The highest BCUT2D eigenvalue weighted by molar-refractivity contribution is 5.66. The third-order valence-electron chi connectivity index (χ3n) is 4.39. The minimum absolute atomic E-state index is 0.0450. The van der Waals surface area contributed by atoms with Crippen LogP contribution < -0.4 is 19.5 Å². The fraction of sp³-hybridized carbons (Fsp3) is 0.350. The highest BCUT2D eigenvalue weighted by atomic mass is 16.7. The maximum absolute atomic E-state index is 11.0. The minimum Gasteiger partial charge on any atom is -0.496 e. The fourth-order valence-electron chi connectivity index (χ4n) is 3.02. The van der Waals surface area contributed by atoms with Gasteiger partial charge in [-0.2, -0.15) is 0 Å². The Kier molecular flexibility index (Phi) is 5.96. The first-order valence-electron chi connectivity index (χ1n) is 8.61. The molecular formula is C20H23NO5. The lowest BCUT2D eigenvalue weighted by molar-refractivity contribution is -0.137. The molecule has 1 unspecified atom stereocenters. The number of aliphatic carboxylic acids is 1. The van der Waals surface area contributed by atoms with Gasteiger partial charge in [-0.1, -0.05) is 30.3 Å². The third-order valence-corrected chi connectivity index (χ3v) is 4.39. The van der Waals surface area contributed by atoms with Crippen molar-refractivity contribution in [2.24, 2.45) is 0 Å². The standard InChI is InChI=1S/C20H23NO5/c1-24-17-11-19-18(25-13-26-19)10-15(17)12-21-16(7-8-20(22)23)9-14-5-3-2-4-6-14/h2-6,10-11,16,21H,7-9,12-13H2,1H3,(H,22,23). The first kappa shape index (κ1) is 18.1. The number of carboxylic acid groups (broad SMARTS) is 1. The van der Waals surface area contributed by atoms with Crippen molar-refractivity contribution in [2.75, 3.05) is 13.9 Å². The molecule has 2 aromatic rings. The summed E-state index contributed by atoms with van der Waals surface area (Å²) in [6.45, 7) is 0.765. The number of methoxy groups -OCH3 is 1. The molecule has 0 saturated carbocycles. The number of hydrogen-bond donors (Lipinski definition) is 2. The summed E-state index contributed by atoms with van der Waals surface area (Å²) in [7, 11) is 1.62. The Balaban J connectivity index is 1.69. The highest BCUT2D eigenvalue weighted by Crippen LogP contribution is 2.38. The van der Waals surface area contributed by atoms with Crippen LogP contribution in [0.1, 0.15) is 24.0 Å². The Labute approximate surface area is 152 Å². The van der Waals surface area contributed by atoms with Crippen LogP contribution in [-0.2, 0) is 17.8 Å². The molecule has 0 aromatic heterocycles. The second kappa shape index (κ2) is 8.58. The van der Waals surface area contributed by atoms with E-state index in [-0.39, 0.29) is 19.3 Å². The Hall–Kier alpha value is -2.73. The van der Waals surface area contributed by atoms with Crippen molar-refractivity contribution in [3.63, 3.8) is 0 Å². The van der Waals surface area contributed by atoms with E-state index in [9.17, 15) is 4.79 Å². The maximum Gasteiger partial charge on any atom is 0.303 e. The van der Waals surface area contributed by atoms with Crippen LogP contribution in [0.2, 0.25) is 0 Å². The summed E-state index contributed by atoms with van der Waals surface area (Å²) in [5, 5.41) is 12.5. The van der Waals surface area contributed by atoms with Gasteiger partial charge in [-0.3, -0.25) is 4.79 Å². The number of hydrogen-bond acceptors (Lipinski definition) is 5. The van der Waals surface area contributed by atoms with Gasteiger partial charge in [-0.05, 0) is 24.5 Å². The summed E-state index contributed by atoms with van der Waals surface area (Å²) in [4.78, 5) is 11.0. The van der Waals surface area contributed by atoms with Crippen LogP contribution in [0.3, 0.4) is 0 Å². The van der Waals surface area contributed by atoms with Crippen molar-refractivity contribution in [1.82, 2.24) is 5.32 Å². The lowest BCUT2D eigenvalue weighted by Crippen LogP contribution is -2.31.